The molecule has 0 bridgehead atoms. The first-order valence-electron chi connectivity index (χ1n) is 6.54. The number of benzene rings is 1. The molecule has 0 unspecified atom stereocenters. The molecule has 20 heavy (non-hydrogen) atoms. The van der Waals surface area contributed by atoms with Crippen LogP contribution < -0.4 is 10.5 Å². The van der Waals surface area contributed by atoms with Gasteiger partial charge < -0.3 is 5.73 Å². The Morgan fingerprint density at radius 3 is 2.50 bits per heavy atom. The van der Waals surface area contributed by atoms with Gasteiger partial charge in [-0.25, -0.2) is 21.9 Å². The summed E-state index contributed by atoms with van der Waals surface area (Å²) in [6, 6.07) is 1.74. The van der Waals surface area contributed by atoms with E-state index in [9.17, 15) is 17.2 Å². The van der Waals surface area contributed by atoms with Gasteiger partial charge in [-0.1, -0.05) is 13.3 Å². The van der Waals surface area contributed by atoms with E-state index in [1.807, 2.05) is 6.92 Å². The van der Waals surface area contributed by atoms with Crippen molar-refractivity contribution < 1.29 is 17.2 Å². The number of halogens is 2. The van der Waals surface area contributed by atoms with E-state index in [1.54, 1.807) is 0 Å². The predicted octanol–water partition coefficient (Wildman–Crippen LogP) is 2.41. The van der Waals surface area contributed by atoms with Gasteiger partial charge in [0.2, 0.25) is 10.0 Å². The summed E-state index contributed by atoms with van der Waals surface area (Å²) in [6.07, 6.45) is 3.86. The summed E-state index contributed by atoms with van der Waals surface area (Å²) < 4.78 is 53.4. The van der Waals surface area contributed by atoms with Crippen LogP contribution in [0.15, 0.2) is 17.0 Å². The molecule has 0 aliphatic heterocycles. The second-order valence-corrected chi connectivity index (χ2v) is 7.04. The Bertz CT molecular complexity index is 608. The van der Waals surface area contributed by atoms with E-state index in [1.165, 1.54) is 0 Å². The summed E-state index contributed by atoms with van der Waals surface area (Å²) >= 11 is 0. The molecule has 1 aliphatic carbocycles. The zero-order valence-corrected chi connectivity index (χ0v) is 12.1. The highest BCUT2D eigenvalue weighted by molar-refractivity contribution is 7.89. The standard InChI is InChI=1S/C13H18F2N2O2S/c1-2-13(6-3-7-13)8-17-20(18,19)10-5-4-9(14)12(16)11(10)15/h4-5,17H,2-3,6-8,16H2,1H3. The zero-order chi connectivity index (χ0) is 15.0. The molecular weight excluding hydrogens is 286 g/mol. The van der Waals surface area contributed by atoms with E-state index in [2.05, 4.69) is 4.72 Å². The number of rotatable bonds is 5. The third kappa shape index (κ3) is 2.64. The molecule has 112 valence electrons. The maximum Gasteiger partial charge on any atom is 0.243 e. The van der Waals surface area contributed by atoms with Crippen LogP contribution in [0.2, 0.25) is 0 Å². The van der Waals surface area contributed by atoms with Crippen LogP contribution in [-0.4, -0.2) is 15.0 Å². The Morgan fingerprint density at radius 1 is 1.35 bits per heavy atom. The fourth-order valence-corrected chi connectivity index (χ4v) is 3.66. The topological polar surface area (TPSA) is 72.2 Å². The van der Waals surface area contributed by atoms with Gasteiger partial charge in [-0.3, -0.25) is 0 Å². The van der Waals surface area contributed by atoms with E-state index in [4.69, 9.17) is 5.73 Å². The first-order chi connectivity index (χ1) is 9.31. The van der Waals surface area contributed by atoms with Gasteiger partial charge in [0.05, 0.1) is 0 Å². The highest BCUT2D eigenvalue weighted by Crippen LogP contribution is 2.43. The second kappa shape index (κ2) is 5.29. The summed E-state index contributed by atoms with van der Waals surface area (Å²) in [5, 5.41) is 0. The Morgan fingerprint density at radius 2 is 2.00 bits per heavy atom. The smallest absolute Gasteiger partial charge is 0.243 e. The Hall–Kier alpha value is -1.21. The monoisotopic (exact) mass is 304 g/mol. The van der Waals surface area contributed by atoms with Crippen molar-refractivity contribution in [1.82, 2.24) is 4.72 Å². The van der Waals surface area contributed by atoms with Crippen molar-refractivity contribution in [3.8, 4) is 0 Å². The molecule has 0 spiro atoms. The van der Waals surface area contributed by atoms with Gasteiger partial charge in [-0.15, -0.1) is 0 Å². The average Bonchev–Trinajstić information content (AvgIpc) is 2.35. The van der Waals surface area contributed by atoms with E-state index in [-0.39, 0.29) is 12.0 Å². The third-order valence-corrected chi connectivity index (χ3v) is 5.60. The third-order valence-electron chi connectivity index (χ3n) is 4.18. The van der Waals surface area contributed by atoms with E-state index >= 15 is 0 Å². The summed E-state index contributed by atoms with van der Waals surface area (Å²) in [7, 11) is -4.02. The van der Waals surface area contributed by atoms with E-state index < -0.39 is 32.2 Å². The lowest BCUT2D eigenvalue weighted by molar-refractivity contribution is 0.133. The molecule has 4 nitrogen and oxygen atoms in total. The molecule has 3 N–H and O–H groups in total. The Balaban J connectivity index is 2.21. The van der Waals surface area contributed by atoms with Crippen LogP contribution in [0.3, 0.4) is 0 Å². The van der Waals surface area contributed by atoms with Crippen molar-refractivity contribution >= 4 is 15.7 Å². The predicted molar refractivity (Wildman–Crippen MR) is 72.5 cm³/mol. The molecule has 1 aromatic carbocycles. The van der Waals surface area contributed by atoms with Crippen LogP contribution in [0.1, 0.15) is 32.6 Å². The summed E-state index contributed by atoms with van der Waals surface area (Å²) in [6.45, 7) is 2.27. The first kappa shape index (κ1) is 15.2. The van der Waals surface area contributed by atoms with Gasteiger partial charge in [-0.2, -0.15) is 0 Å². The van der Waals surface area contributed by atoms with Gasteiger partial charge >= 0.3 is 0 Å². The Labute approximate surface area is 117 Å². The zero-order valence-electron chi connectivity index (χ0n) is 11.2. The minimum Gasteiger partial charge on any atom is -0.394 e. The van der Waals surface area contributed by atoms with Crippen molar-refractivity contribution in [3.63, 3.8) is 0 Å². The van der Waals surface area contributed by atoms with E-state index in [0.29, 0.717) is 0 Å². The number of nitrogens with one attached hydrogen (secondary N) is 1. The normalized spacial score (nSPS) is 17.8. The summed E-state index contributed by atoms with van der Waals surface area (Å²) in [4.78, 5) is -0.609. The van der Waals surface area contributed by atoms with Crippen LogP contribution in [0.25, 0.3) is 0 Å². The summed E-state index contributed by atoms with van der Waals surface area (Å²) in [5.41, 5.74) is 4.37. The molecule has 0 aromatic heterocycles. The van der Waals surface area contributed by atoms with E-state index in [0.717, 1.165) is 37.8 Å². The number of hydrogen-bond acceptors (Lipinski definition) is 3. The lowest BCUT2D eigenvalue weighted by atomic mass is 9.67. The van der Waals surface area contributed by atoms with Crippen LogP contribution >= 0.6 is 0 Å². The van der Waals surface area contributed by atoms with Crippen molar-refractivity contribution in [2.75, 3.05) is 12.3 Å². The van der Waals surface area contributed by atoms with Crippen LogP contribution in [-0.2, 0) is 10.0 Å². The van der Waals surface area contributed by atoms with Crippen molar-refractivity contribution in [1.29, 1.82) is 0 Å². The molecule has 0 atom stereocenters. The van der Waals surface area contributed by atoms with Crippen LogP contribution in [0, 0.1) is 17.0 Å². The van der Waals surface area contributed by atoms with Crippen molar-refractivity contribution in [2.24, 2.45) is 5.41 Å². The molecule has 2 rings (SSSR count). The number of sulfonamides is 1. The Kier molecular flexibility index (Phi) is 4.02. The minimum absolute atomic E-state index is 0.0326. The van der Waals surface area contributed by atoms with Crippen molar-refractivity contribution in [3.05, 3.63) is 23.8 Å². The van der Waals surface area contributed by atoms with Gasteiger partial charge in [0, 0.05) is 6.54 Å². The number of nitrogen functional groups attached to an aromatic ring is 1. The first-order valence-corrected chi connectivity index (χ1v) is 8.03. The van der Waals surface area contributed by atoms with Crippen LogP contribution in [0.5, 0.6) is 0 Å². The number of hydrogen-bond donors (Lipinski definition) is 2. The highest BCUT2D eigenvalue weighted by Gasteiger charge is 2.36. The van der Waals surface area contributed by atoms with Gasteiger partial charge in [-0.05, 0) is 36.8 Å². The van der Waals surface area contributed by atoms with Crippen molar-refractivity contribution in [2.45, 2.75) is 37.5 Å². The second-order valence-electron chi connectivity index (χ2n) is 5.30. The molecule has 0 radical (unpaired) electrons. The lowest BCUT2D eigenvalue weighted by Crippen LogP contribution is -2.41. The lowest BCUT2D eigenvalue weighted by Gasteiger charge is -2.41. The molecule has 1 aliphatic rings. The number of nitrogens with two attached hydrogens (primary N) is 1. The largest absolute Gasteiger partial charge is 0.394 e. The molecule has 1 saturated carbocycles. The van der Waals surface area contributed by atoms with Gasteiger partial charge in [0.1, 0.15) is 16.4 Å². The molecule has 0 amide bonds. The SMILES string of the molecule is CCC1(CNS(=O)(=O)c2ccc(F)c(N)c2F)CCC1. The number of anilines is 1. The molecule has 1 aromatic rings. The minimum atomic E-state index is -4.02. The molecule has 1 fully saturated rings. The van der Waals surface area contributed by atoms with Crippen LogP contribution in [0.4, 0.5) is 14.5 Å². The average molecular weight is 304 g/mol. The maximum atomic E-state index is 13.8. The maximum absolute atomic E-state index is 13.8. The van der Waals surface area contributed by atoms with Gasteiger partial charge in [0.15, 0.2) is 5.82 Å². The highest BCUT2D eigenvalue weighted by atomic mass is 32.2. The fourth-order valence-electron chi connectivity index (χ4n) is 2.41. The summed E-state index contributed by atoms with van der Waals surface area (Å²) in [5.74, 6) is -2.21. The molecule has 0 saturated heterocycles. The molecule has 7 heteroatoms. The van der Waals surface area contributed by atoms with Gasteiger partial charge in [0.25, 0.3) is 0 Å². The molecule has 0 heterocycles. The quantitative estimate of drug-likeness (QED) is 0.821. The molecular formula is C13H18F2N2O2S. The fraction of sp³-hybridized carbons (Fsp3) is 0.538.